The number of amides is 1. The van der Waals surface area contributed by atoms with Crippen molar-refractivity contribution in [3.05, 3.63) is 58.9 Å². The molecule has 1 aliphatic rings. The summed E-state index contributed by atoms with van der Waals surface area (Å²) in [5.41, 5.74) is 2.27. The summed E-state index contributed by atoms with van der Waals surface area (Å²) in [7, 11) is 0. The predicted molar refractivity (Wildman–Crippen MR) is 112 cm³/mol. The van der Waals surface area contributed by atoms with Crippen molar-refractivity contribution >= 4 is 17.5 Å². The highest BCUT2D eigenvalue weighted by atomic mass is 35.5. The van der Waals surface area contributed by atoms with Gasteiger partial charge in [0, 0.05) is 35.4 Å². The van der Waals surface area contributed by atoms with Gasteiger partial charge in [-0.1, -0.05) is 56.0 Å². The van der Waals surface area contributed by atoms with Gasteiger partial charge in [0.1, 0.15) is 0 Å². The highest BCUT2D eigenvalue weighted by Crippen LogP contribution is 2.27. The molecule has 1 amide bonds. The minimum absolute atomic E-state index is 0.208. The fourth-order valence-corrected chi connectivity index (χ4v) is 4.18. The summed E-state index contributed by atoms with van der Waals surface area (Å²) in [5, 5.41) is 0.786. The third-order valence-corrected chi connectivity index (χ3v) is 6.28. The molecule has 1 atom stereocenters. The van der Waals surface area contributed by atoms with E-state index in [-0.39, 0.29) is 12.0 Å². The van der Waals surface area contributed by atoms with E-state index >= 15 is 0 Å². The van der Waals surface area contributed by atoms with Crippen LogP contribution in [0.4, 0.5) is 0 Å². The Morgan fingerprint density at radius 3 is 2.63 bits per heavy atom. The van der Waals surface area contributed by atoms with Crippen molar-refractivity contribution in [3.63, 3.8) is 0 Å². The Bertz CT molecular complexity index is 748. The van der Waals surface area contributed by atoms with Crippen LogP contribution < -0.4 is 0 Å². The van der Waals surface area contributed by atoms with Crippen LogP contribution in [0.3, 0.4) is 0 Å². The Balaban J connectivity index is 1.77. The molecule has 1 fully saturated rings. The molecule has 4 heteroatoms. The first-order chi connectivity index (χ1) is 13.1. The normalized spacial score (nSPS) is 16.3. The maximum atomic E-state index is 13.2. The summed E-state index contributed by atoms with van der Waals surface area (Å²) in [4.78, 5) is 15.3. The zero-order valence-electron chi connectivity index (χ0n) is 16.5. The third-order valence-electron chi connectivity index (χ3n) is 5.91. The number of aromatic nitrogens is 1. The van der Waals surface area contributed by atoms with Gasteiger partial charge in [-0.25, -0.2) is 0 Å². The van der Waals surface area contributed by atoms with Crippen molar-refractivity contribution in [2.75, 3.05) is 0 Å². The summed E-state index contributed by atoms with van der Waals surface area (Å²) in [6.45, 7) is 5.73. The molecule has 1 saturated carbocycles. The summed E-state index contributed by atoms with van der Waals surface area (Å²) in [6, 6.07) is 12.4. The van der Waals surface area contributed by atoms with Crippen molar-refractivity contribution in [1.29, 1.82) is 0 Å². The van der Waals surface area contributed by atoms with Crippen molar-refractivity contribution in [1.82, 2.24) is 9.47 Å². The molecule has 0 saturated heterocycles. The average Bonchev–Trinajstić information content (AvgIpc) is 3.14. The van der Waals surface area contributed by atoms with E-state index in [1.165, 1.54) is 25.0 Å². The molecule has 1 aromatic carbocycles. The van der Waals surface area contributed by atoms with Gasteiger partial charge < -0.3 is 9.47 Å². The summed E-state index contributed by atoms with van der Waals surface area (Å²) >= 11 is 6.35. The van der Waals surface area contributed by atoms with Crippen LogP contribution in [0.2, 0.25) is 5.02 Å². The van der Waals surface area contributed by atoms with Crippen LogP contribution in [0.15, 0.2) is 42.6 Å². The van der Waals surface area contributed by atoms with Crippen LogP contribution in [0.25, 0.3) is 0 Å². The van der Waals surface area contributed by atoms with E-state index in [1.54, 1.807) is 0 Å². The molecule has 3 nitrogen and oxygen atoms in total. The molecule has 27 heavy (non-hydrogen) atoms. The van der Waals surface area contributed by atoms with Gasteiger partial charge in [0.2, 0.25) is 5.91 Å². The number of benzene rings is 1. The first-order valence-corrected chi connectivity index (χ1v) is 10.7. The second-order valence-electron chi connectivity index (χ2n) is 7.78. The number of hydrogen-bond donors (Lipinski definition) is 0. The van der Waals surface area contributed by atoms with Crippen molar-refractivity contribution < 1.29 is 4.79 Å². The van der Waals surface area contributed by atoms with Gasteiger partial charge in [-0.05, 0) is 49.9 Å². The largest absolute Gasteiger partial charge is 0.345 e. The molecule has 1 aliphatic carbocycles. The van der Waals surface area contributed by atoms with Gasteiger partial charge in [-0.2, -0.15) is 0 Å². The molecule has 0 unspecified atom stereocenters. The van der Waals surface area contributed by atoms with E-state index in [0.29, 0.717) is 12.5 Å². The van der Waals surface area contributed by atoms with Crippen molar-refractivity contribution in [2.45, 2.75) is 71.5 Å². The van der Waals surface area contributed by atoms with Crippen LogP contribution >= 0.6 is 11.6 Å². The fraction of sp³-hybridized carbons (Fsp3) is 0.522. The first kappa shape index (κ1) is 20.0. The molecule has 0 radical (unpaired) electrons. The molecular formula is C23H31ClN2O. The zero-order valence-corrected chi connectivity index (χ0v) is 17.3. The zero-order chi connectivity index (χ0) is 19.2. The lowest BCUT2D eigenvalue weighted by molar-refractivity contribution is -0.139. The summed E-state index contributed by atoms with van der Waals surface area (Å²) in [6.07, 6.45) is 8.80. The molecule has 1 heterocycles. The molecule has 0 spiro atoms. The smallest absolute Gasteiger partial charge is 0.226 e. The van der Waals surface area contributed by atoms with E-state index in [2.05, 4.69) is 47.7 Å². The van der Waals surface area contributed by atoms with E-state index < -0.39 is 0 Å². The molecule has 2 aromatic rings. The molecule has 3 rings (SSSR count). The number of carbonyl (C=O) groups excluding carboxylic acids is 1. The maximum absolute atomic E-state index is 13.2. The summed E-state index contributed by atoms with van der Waals surface area (Å²) < 4.78 is 2.21. The standard InChI is InChI=1S/C23H31ClN2O/c1-3-18(2)26(23(27)19-10-5-4-6-11-19)17-21-13-9-15-25(21)16-20-12-7-8-14-22(20)24/h7-9,12-15,18-19H,3-6,10-11,16-17H2,1-2H3/t18-/m1/s1. The van der Waals surface area contributed by atoms with Gasteiger partial charge in [-0.15, -0.1) is 0 Å². The topological polar surface area (TPSA) is 25.2 Å². The molecule has 1 aromatic heterocycles. The van der Waals surface area contributed by atoms with E-state index in [0.717, 1.165) is 36.4 Å². The van der Waals surface area contributed by atoms with Crippen molar-refractivity contribution in [3.8, 4) is 0 Å². The number of rotatable bonds is 7. The minimum atomic E-state index is 0.208. The number of halogens is 1. The molecule has 0 bridgehead atoms. The van der Waals surface area contributed by atoms with Crippen LogP contribution in [-0.4, -0.2) is 21.4 Å². The molecular weight excluding hydrogens is 356 g/mol. The molecule has 0 aliphatic heterocycles. The SMILES string of the molecule is CC[C@@H](C)N(Cc1cccn1Cc1ccccc1Cl)C(=O)C1CCCCC1. The van der Waals surface area contributed by atoms with Gasteiger partial charge in [0.25, 0.3) is 0 Å². The van der Waals surface area contributed by atoms with E-state index in [1.807, 2.05) is 18.2 Å². The second-order valence-corrected chi connectivity index (χ2v) is 8.18. The van der Waals surface area contributed by atoms with Crippen LogP contribution in [0, 0.1) is 5.92 Å². The van der Waals surface area contributed by atoms with Crippen LogP contribution in [0.1, 0.15) is 63.6 Å². The van der Waals surface area contributed by atoms with Crippen LogP contribution in [0.5, 0.6) is 0 Å². The van der Waals surface area contributed by atoms with Gasteiger partial charge in [0.15, 0.2) is 0 Å². The van der Waals surface area contributed by atoms with Crippen molar-refractivity contribution in [2.24, 2.45) is 5.92 Å². The lowest BCUT2D eigenvalue weighted by atomic mass is 9.88. The Morgan fingerprint density at radius 1 is 1.19 bits per heavy atom. The van der Waals surface area contributed by atoms with Gasteiger partial charge in [0.05, 0.1) is 6.54 Å². The number of nitrogens with zero attached hydrogens (tertiary/aromatic N) is 2. The molecule has 0 N–H and O–H groups in total. The number of carbonyl (C=O) groups is 1. The third kappa shape index (κ3) is 4.95. The Hall–Kier alpha value is -1.74. The summed E-state index contributed by atoms with van der Waals surface area (Å²) in [5.74, 6) is 0.550. The average molecular weight is 387 g/mol. The Kier molecular flexibility index (Phi) is 7.01. The fourth-order valence-electron chi connectivity index (χ4n) is 3.99. The van der Waals surface area contributed by atoms with Crippen LogP contribution in [-0.2, 0) is 17.9 Å². The number of hydrogen-bond acceptors (Lipinski definition) is 1. The van der Waals surface area contributed by atoms with Gasteiger partial charge >= 0.3 is 0 Å². The quantitative estimate of drug-likeness (QED) is 0.581. The second kappa shape index (κ2) is 9.45. The molecule has 146 valence electrons. The first-order valence-electron chi connectivity index (χ1n) is 10.3. The Labute approximate surface area is 168 Å². The maximum Gasteiger partial charge on any atom is 0.226 e. The monoisotopic (exact) mass is 386 g/mol. The Morgan fingerprint density at radius 2 is 1.93 bits per heavy atom. The van der Waals surface area contributed by atoms with E-state index in [4.69, 9.17) is 11.6 Å². The lowest BCUT2D eigenvalue weighted by Crippen LogP contribution is -2.42. The predicted octanol–water partition coefficient (Wildman–Crippen LogP) is 5.90. The lowest BCUT2D eigenvalue weighted by Gasteiger charge is -2.33. The van der Waals surface area contributed by atoms with E-state index in [9.17, 15) is 4.79 Å². The highest BCUT2D eigenvalue weighted by Gasteiger charge is 2.28. The highest BCUT2D eigenvalue weighted by molar-refractivity contribution is 6.31. The van der Waals surface area contributed by atoms with Gasteiger partial charge in [-0.3, -0.25) is 4.79 Å². The minimum Gasteiger partial charge on any atom is -0.345 e.